The summed E-state index contributed by atoms with van der Waals surface area (Å²) < 4.78 is 42.3. The molecule has 0 N–H and O–H groups in total. The van der Waals surface area contributed by atoms with Gasteiger partial charge in [0.2, 0.25) is 0 Å². The lowest BCUT2D eigenvalue weighted by atomic mass is 10.2. The molecule has 106 valence electrons. The molecular weight excluding hydrogens is 309 g/mol. The summed E-state index contributed by atoms with van der Waals surface area (Å²) in [5.74, 6) is -1.42. The molecule has 2 atom stereocenters. The Labute approximate surface area is 120 Å². The van der Waals surface area contributed by atoms with Crippen molar-refractivity contribution in [2.75, 3.05) is 6.54 Å². The first-order valence-electron chi connectivity index (χ1n) is 5.55. The van der Waals surface area contributed by atoms with E-state index in [1.807, 2.05) is 6.92 Å². The predicted octanol–water partition coefficient (Wildman–Crippen LogP) is 4.84. The molecule has 0 saturated heterocycles. The van der Waals surface area contributed by atoms with Crippen LogP contribution in [0.2, 0.25) is 0 Å². The van der Waals surface area contributed by atoms with Crippen molar-refractivity contribution in [3.8, 4) is 0 Å². The van der Waals surface area contributed by atoms with E-state index in [1.54, 1.807) is 24.3 Å². The average Bonchev–Trinajstić information content (AvgIpc) is 2.50. The summed E-state index contributed by atoms with van der Waals surface area (Å²) in [5, 5.41) is -3.55. The molecule has 0 amide bonds. The molecule has 0 aromatic carbocycles. The van der Waals surface area contributed by atoms with Crippen LogP contribution in [0, 0.1) is 0 Å². The molecule has 1 rings (SSSR count). The maximum Gasteiger partial charge on any atom is 0.348 e. The van der Waals surface area contributed by atoms with Gasteiger partial charge in [-0.25, -0.2) is 4.39 Å². The van der Waals surface area contributed by atoms with Gasteiger partial charge in [-0.05, 0) is 37.3 Å². The quantitative estimate of drug-likeness (QED) is 0.666. The largest absolute Gasteiger partial charge is 0.348 e. The van der Waals surface area contributed by atoms with Crippen LogP contribution in [0.15, 0.2) is 46.7 Å². The fourth-order valence-corrected chi connectivity index (χ4v) is 2.27. The summed E-state index contributed by atoms with van der Waals surface area (Å²) in [6, 6.07) is 0. The standard InChI is InChI=1S/C12H16F3NP2S/c1-9-3-2-4-10(6-5-9)19-12(14,15)11(13)7-8-16(17)18/h2,4-7H,3,8,17-18H2,1H3/b11-7-. The molecule has 1 aliphatic rings. The lowest BCUT2D eigenvalue weighted by Gasteiger charge is -2.14. The third kappa shape index (κ3) is 6.27. The van der Waals surface area contributed by atoms with Gasteiger partial charge in [0.15, 0.2) is 5.83 Å². The molecule has 0 saturated carbocycles. The monoisotopic (exact) mass is 325 g/mol. The molecule has 0 heterocycles. The number of hydrogen-bond donors (Lipinski definition) is 0. The zero-order chi connectivity index (χ0) is 14.5. The molecule has 0 bridgehead atoms. The Morgan fingerprint density at radius 2 is 2.16 bits per heavy atom. The number of thioether (sulfide) groups is 1. The number of alkyl halides is 2. The Morgan fingerprint density at radius 1 is 1.47 bits per heavy atom. The minimum atomic E-state index is -3.55. The van der Waals surface area contributed by atoms with E-state index >= 15 is 0 Å². The second-order valence-electron chi connectivity index (χ2n) is 4.06. The topological polar surface area (TPSA) is 3.24 Å². The summed E-state index contributed by atoms with van der Waals surface area (Å²) in [4.78, 5) is 0.346. The third-order valence-corrected chi connectivity index (χ3v) is 3.64. The van der Waals surface area contributed by atoms with Crippen molar-refractivity contribution in [3.63, 3.8) is 0 Å². The predicted molar refractivity (Wildman–Crippen MR) is 83.5 cm³/mol. The van der Waals surface area contributed by atoms with Crippen molar-refractivity contribution >= 4 is 30.5 Å². The number of allylic oxidation sites excluding steroid dienone is 5. The van der Waals surface area contributed by atoms with Gasteiger partial charge in [-0.3, -0.25) is 4.44 Å². The van der Waals surface area contributed by atoms with E-state index in [0.29, 0.717) is 4.91 Å². The van der Waals surface area contributed by atoms with Crippen LogP contribution < -0.4 is 0 Å². The van der Waals surface area contributed by atoms with E-state index in [4.69, 9.17) is 0 Å². The highest BCUT2D eigenvalue weighted by molar-refractivity contribution is 8.04. The minimum absolute atomic E-state index is 0.0746. The first-order valence-corrected chi connectivity index (χ1v) is 7.40. The highest BCUT2D eigenvalue weighted by Crippen LogP contribution is 2.42. The fourth-order valence-electron chi connectivity index (χ4n) is 1.28. The van der Waals surface area contributed by atoms with Crippen LogP contribution in [0.1, 0.15) is 13.3 Å². The summed E-state index contributed by atoms with van der Waals surface area (Å²) >= 11 is 0.219. The van der Waals surface area contributed by atoms with Gasteiger partial charge in [0.25, 0.3) is 0 Å². The Balaban J connectivity index is 2.76. The Hall–Kier alpha value is -0.0800. The Morgan fingerprint density at radius 3 is 2.79 bits per heavy atom. The molecule has 0 radical (unpaired) electrons. The highest BCUT2D eigenvalue weighted by Gasteiger charge is 2.36. The maximum absolute atomic E-state index is 13.7. The van der Waals surface area contributed by atoms with Crippen LogP contribution in [0.25, 0.3) is 0 Å². The normalized spacial score (nSPS) is 17.3. The van der Waals surface area contributed by atoms with E-state index in [9.17, 15) is 13.2 Å². The van der Waals surface area contributed by atoms with Gasteiger partial charge in [0.05, 0.1) is 0 Å². The lowest BCUT2D eigenvalue weighted by Crippen LogP contribution is -2.12. The van der Waals surface area contributed by atoms with Crippen LogP contribution in [-0.2, 0) is 0 Å². The van der Waals surface area contributed by atoms with Crippen molar-refractivity contribution in [1.29, 1.82) is 0 Å². The first kappa shape index (κ1) is 17.0. The maximum atomic E-state index is 13.7. The van der Waals surface area contributed by atoms with Gasteiger partial charge in [0.1, 0.15) is 0 Å². The molecule has 0 fully saturated rings. The second kappa shape index (κ2) is 7.64. The van der Waals surface area contributed by atoms with Crippen LogP contribution in [-0.4, -0.2) is 16.2 Å². The molecule has 0 aromatic rings. The van der Waals surface area contributed by atoms with Gasteiger partial charge in [-0.1, -0.05) is 42.6 Å². The summed E-state index contributed by atoms with van der Waals surface area (Å²) in [5.41, 5.74) is 1.08. The van der Waals surface area contributed by atoms with E-state index in [2.05, 4.69) is 18.8 Å². The number of hydrogen-bond acceptors (Lipinski definition) is 2. The minimum Gasteiger partial charge on any atom is -0.268 e. The summed E-state index contributed by atoms with van der Waals surface area (Å²) in [6.45, 7) is 1.99. The van der Waals surface area contributed by atoms with Crippen molar-refractivity contribution < 1.29 is 13.2 Å². The Kier molecular flexibility index (Phi) is 6.82. The molecule has 19 heavy (non-hydrogen) atoms. The fraction of sp³-hybridized carbons (Fsp3) is 0.333. The van der Waals surface area contributed by atoms with Crippen molar-refractivity contribution in [1.82, 2.24) is 4.44 Å². The molecule has 1 nitrogen and oxygen atoms in total. The van der Waals surface area contributed by atoms with E-state index < -0.39 is 11.1 Å². The van der Waals surface area contributed by atoms with Crippen molar-refractivity contribution in [2.24, 2.45) is 0 Å². The first-order chi connectivity index (χ1) is 8.81. The SMILES string of the molecule is CC1=CC=C(SC(F)(F)/C(F)=C/CN(P)P)C=CC1. The smallest absolute Gasteiger partial charge is 0.268 e. The van der Waals surface area contributed by atoms with Gasteiger partial charge in [-0.15, -0.1) is 0 Å². The molecule has 0 spiro atoms. The summed E-state index contributed by atoms with van der Waals surface area (Å²) in [6.07, 6.45) is 8.34. The van der Waals surface area contributed by atoms with Crippen molar-refractivity contribution in [2.45, 2.75) is 18.6 Å². The number of rotatable bonds is 5. The molecule has 0 aromatic heterocycles. The van der Waals surface area contributed by atoms with E-state index in [1.165, 1.54) is 4.44 Å². The van der Waals surface area contributed by atoms with Crippen LogP contribution >= 0.6 is 30.5 Å². The summed E-state index contributed by atoms with van der Waals surface area (Å²) in [7, 11) is 4.50. The molecular formula is C12H16F3NP2S. The van der Waals surface area contributed by atoms with Gasteiger partial charge >= 0.3 is 5.25 Å². The lowest BCUT2D eigenvalue weighted by molar-refractivity contribution is 0.119. The molecule has 7 heteroatoms. The third-order valence-electron chi connectivity index (χ3n) is 2.26. The average molecular weight is 325 g/mol. The molecule has 1 aliphatic carbocycles. The number of nitrogens with zero attached hydrogens (tertiary/aromatic N) is 1. The Bertz CT molecular complexity index is 442. The molecule has 2 unspecified atom stereocenters. The van der Waals surface area contributed by atoms with Crippen LogP contribution in [0.5, 0.6) is 0 Å². The molecule has 0 aliphatic heterocycles. The van der Waals surface area contributed by atoms with Gasteiger partial charge < -0.3 is 0 Å². The second-order valence-corrected chi connectivity index (χ2v) is 7.17. The van der Waals surface area contributed by atoms with E-state index in [-0.39, 0.29) is 18.3 Å². The van der Waals surface area contributed by atoms with Crippen molar-refractivity contribution in [3.05, 3.63) is 46.7 Å². The zero-order valence-corrected chi connectivity index (χ0v) is 13.6. The zero-order valence-electron chi connectivity index (χ0n) is 10.4. The van der Waals surface area contributed by atoms with E-state index in [0.717, 1.165) is 18.1 Å². The van der Waals surface area contributed by atoms with Crippen LogP contribution in [0.3, 0.4) is 0 Å². The number of halogens is 3. The van der Waals surface area contributed by atoms with Gasteiger partial charge in [0, 0.05) is 11.4 Å². The highest BCUT2D eigenvalue weighted by atomic mass is 32.2. The van der Waals surface area contributed by atoms with Crippen LogP contribution in [0.4, 0.5) is 13.2 Å². The van der Waals surface area contributed by atoms with Gasteiger partial charge in [-0.2, -0.15) is 8.78 Å².